The van der Waals surface area contributed by atoms with Crippen molar-refractivity contribution in [2.75, 3.05) is 31.5 Å². The molecular formula is C19H23Cl2N3. The van der Waals surface area contributed by atoms with E-state index >= 15 is 0 Å². The third-order valence-corrected chi connectivity index (χ3v) is 5.23. The van der Waals surface area contributed by atoms with Crippen molar-refractivity contribution in [1.29, 1.82) is 0 Å². The largest absolute Gasteiger partial charge is 0.384 e. The molecule has 0 saturated carbocycles. The summed E-state index contributed by atoms with van der Waals surface area (Å²) in [6.45, 7) is 3.84. The van der Waals surface area contributed by atoms with Crippen molar-refractivity contribution in [1.82, 2.24) is 10.6 Å². The van der Waals surface area contributed by atoms with Crippen LogP contribution in [0.15, 0.2) is 48.5 Å². The molecule has 1 saturated heterocycles. The van der Waals surface area contributed by atoms with Crippen LogP contribution in [0.2, 0.25) is 10.0 Å². The van der Waals surface area contributed by atoms with Gasteiger partial charge in [0.1, 0.15) is 0 Å². The molecule has 0 aliphatic carbocycles. The Morgan fingerprint density at radius 1 is 1.00 bits per heavy atom. The van der Waals surface area contributed by atoms with Crippen molar-refractivity contribution < 1.29 is 0 Å². The molecule has 2 aromatic carbocycles. The van der Waals surface area contributed by atoms with E-state index in [1.807, 2.05) is 30.3 Å². The topological polar surface area (TPSA) is 36.1 Å². The molecule has 3 nitrogen and oxygen atoms in total. The van der Waals surface area contributed by atoms with E-state index in [0.717, 1.165) is 38.3 Å². The summed E-state index contributed by atoms with van der Waals surface area (Å²) in [6.07, 6.45) is 1.11. The van der Waals surface area contributed by atoms with Crippen molar-refractivity contribution in [3.05, 3.63) is 64.1 Å². The summed E-state index contributed by atoms with van der Waals surface area (Å²) in [5.74, 6) is 0.408. The lowest BCUT2D eigenvalue weighted by Gasteiger charge is -2.33. The summed E-state index contributed by atoms with van der Waals surface area (Å²) >= 11 is 12.2. The van der Waals surface area contributed by atoms with Crippen molar-refractivity contribution in [3.63, 3.8) is 0 Å². The Morgan fingerprint density at radius 3 is 2.62 bits per heavy atom. The number of nitrogens with one attached hydrogen (secondary N) is 3. The van der Waals surface area contributed by atoms with E-state index in [9.17, 15) is 0 Å². The van der Waals surface area contributed by atoms with Gasteiger partial charge < -0.3 is 16.0 Å². The van der Waals surface area contributed by atoms with Gasteiger partial charge in [0.25, 0.3) is 0 Å². The number of para-hydroxylation sites is 1. The monoisotopic (exact) mass is 363 g/mol. The van der Waals surface area contributed by atoms with Gasteiger partial charge in [0.2, 0.25) is 0 Å². The first-order valence-electron chi connectivity index (χ1n) is 8.42. The van der Waals surface area contributed by atoms with Crippen LogP contribution in [0.4, 0.5) is 5.69 Å². The first kappa shape index (κ1) is 17.6. The Labute approximate surface area is 153 Å². The van der Waals surface area contributed by atoms with Crippen LogP contribution in [0.25, 0.3) is 0 Å². The first-order chi connectivity index (χ1) is 11.7. The molecule has 0 unspecified atom stereocenters. The van der Waals surface area contributed by atoms with Crippen LogP contribution in [-0.2, 0) is 0 Å². The van der Waals surface area contributed by atoms with Gasteiger partial charge in [-0.2, -0.15) is 0 Å². The Balaban J connectivity index is 1.55. The lowest BCUT2D eigenvalue weighted by Crippen LogP contribution is -2.47. The van der Waals surface area contributed by atoms with Crippen molar-refractivity contribution >= 4 is 28.9 Å². The highest BCUT2D eigenvalue weighted by molar-refractivity contribution is 6.42. The van der Waals surface area contributed by atoms with Crippen LogP contribution in [0, 0.1) is 0 Å². The SMILES string of the molecule is Clc1ccc([C@@H]2CNCC[C@H]2NCCNc2ccccc2)cc1Cl. The molecular weight excluding hydrogens is 341 g/mol. The molecule has 0 radical (unpaired) electrons. The molecule has 1 aliphatic rings. The van der Waals surface area contributed by atoms with E-state index in [2.05, 4.69) is 34.1 Å². The third-order valence-electron chi connectivity index (χ3n) is 4.49. The van der Waals surface area contributed by atoms with Gasteiger partial charge in [-0.25, -0.2) is 0 Å². The molecule has 24 heavy (non-hydrogen) atoms. The van der Waals surface area contributed by atoms with Gasteiger partial charge in [0.05, 0.1) is 10.0 Å². The molecule has 1 fully saturated rings. The minimum absolute atomic E-state index is 0.408. The molecule has 1 heterocycles. The van der Waals surface area contributed by atoms with E-state index in [4.69, 9.17) is 23.2 Å². The highest BCUT2D eigenvalue weighted by Crippen LogP contribution is 2.29. The molecule has 0 spiro atoms. The van der Waals surface area contributed by atoms with Gasteiger partial charge in [-0.05, 0) is 42.8 Å². The number of halogens is 2. The molecule has 2 atom stereocenters. The van der Waals surface area contributed by atoms with E-state index in [1.54, 1.807) is 0 Å². The molecule has 0 amide bonds. The van der Waals surface area contributed by atoms with E-state index in [-0.39, 0.29) is 0 Å². The summed E-state index contributed by atoms with van der Waals surface area (Å²) in [6, 6.07) is 16.7. The van der Waals surface area contributed by atoms with Crippen LogP contribution in [0.5, 0.6) is 0 Å². The normalized spacial score (nSPS) is 20.8. The maximum atomic E-state index is 6.19. The summed E-state index contributed by atoms with van der Waals surface area (Å²) in [5.41, 5.74) is 2.40. The quantitative estimate of drug-likeness (QED) is 0.675. The highest BCUT2D eigenvalue weighted by Gasteiger charge is 2.26. The minimum Gasteiger partial charge on any atom is -0.384 e. The smallest absolute Gasteiger partial charge is 0.0595 e. The standard InChI is InChI=1S/C19H23Cl2N3/c20-17-7-6-14(12-18(17)21)16-13-22-9-8-19(16)24-11-10-23-15-4-2-1-3-5-15/h1-7,12,16,19,22-24H,8-11,13H2/t16-,19+/m0/s1. The third kappa shape index (κ3) is 4.64. The van der Waals surface area contributed by atoms with E-state index in [0.29, 0.717) is 22.0 Å². The Kier molecular flexibility index (Phi) is 6.38. The van der Waals surface area contributed by atoms with Gasteiger partial charge in [-0.15, -0.1) is 0 Å². The lowest BCUT2D eigenvalue weighted by atomic mass is 9.87. The molecule has 128 valence electrons. The van der Waals surface area contributed by atoms with Crippen LogP contribution < -0.4 is 16.0 Å². The van der Waals surface area contributed by atoms with E-state index < -0.39 is 0 Å². The van der Waals surface area contributed by atoms with Crippen LogP contribution in [-0.4, -0.2) is 32.2 Å². The summed E-state index contributed by atoms with van der Waals surface area (Å²) < 4.78 is 0. The lowest BCUT2D eigenvalue weighted by molar-refractivity contribution is 0.346. The number of hydrogen-bond acceptors (Lipinski definition) is 3. The predicted octanol–water partition coefficient (Wildman–Crippen LogP) is 4.14. The average molecular weight is 364 g/mol. The number of rotatable bonds is 6. The summed E-state index contributed by atoms with van der Waals surface area (Å²) in [7, 11) is 0. The number of piperidine rings is 1. The molecule has 0 bridgehead atoms. The van der Waals surface area contributed by atoms with Crippen LogP contribution >= 0.6 is 23.2 Å². The summed E-state index contributed by atoms with van der Waals surface area (Å²) in [4.78, 5) is 0. The molecule has 3 rings (SSSR count). The zero-order chi connectivity index (χ0) is 16.8. The maximum absolute atomic E-state index is 6.19. The van der Waals surface area contributed by atoms with Gasteiger partial charge in [-0.1, -0.05) is 47.5 Å². The zero-order valence-electron chi connectivity index (χ0n) is 13.6. The van der Waals surface area contributed by atoms with Gasteiger partial charge in [0, 0.05) is 37.3 Å². The van der Waals surface area contributed by atoms with Crippen LogP contribution in [0.3, 0.4) is 0 Å². The first-order valence-corrected chi connectivity index (χ1v) is 9.17. The van der Waals surface area contributed by atoms with Crippen molar-refractivity contribution in [2.45, 2.75) is 18.4 Å². The molecule has 5 heteroatoms. The number of hydrogen-bond donors (Lipinski definition) is 3. The second-order valence-electron chi connectivity index (χ2n) is 6.13. The molecule has 2 aromatic rings. The molecule has 3 N–H and O–H groups in total. The van der Waals surface area contributed by atoms with Crippen molar-refractivity contribution in [2.24, 2.45) is 0 Å². The predicted molar refractivity (Wildman–Crippen MR) is 103 cm³/mol. The Bertz CT molecular complexity index is 648. The van der Waals surface area contributed by atoms with Gasteiger partial charge in [0.15, 0.2) is 0 Å². The van der Waals surface area contributed by atoms with E-state index in [1.165, 1.54) is 5.56 Å². The number of benzene rings is 2. The van der Waals surface area contributed by atoms with Crippen LogP contribution in [0.1, 0.15) is 17.9 Å². The Morgan fingerprint density at radius 2 is 1.83 bits per heavy atom. The maximum Gasteiger partial charge on any atom is 0.0595 e. The van der Waals surface area contributed by atoms with Gasteiger partial charge >= 0.3 is 0 Å². The molecule has 0 aromatic heterocycles. The zero-order valence-corrected chi connectivity index (χ0v) is 15.1. The van der Waals surface area contributed by atoms with Gasteiger partial charge in [-0.3, -0.25) is 0 Å². The minimum atomic E-state index is 0.408. The van der Waals surface area contributed by atoms with Crippen molar-refractivity contribution in [3.8, 4) is 0 Å². The average Bonchev–Trinajstić information content (AvgIpc) is 2.62. The number of anilines is 1. The second-order valence-corrected chi connectivity index (χ2v) is 6.94. The second kappa shape index (κ2) is 8.72. The fourth-order valence-electron chi connectivity index (χ4n) is 3.22. The fraction of sp³-hybridized carbons (Fsp3) is 0.368. The fourth-order valence-corrected chi connectivity index (χ4v) is 3.52. The summed E-state index contributed by atoms with van der Waals surface area (Å²) in [5, 5.41) is 11.9. The highest BCUT2D eigenvalue weighted by atomic mass is 35.5. The molecule has 1 aliphatic heterocycles. The Hall–Kier alpha value is -1.26.